The first-order valence-electron chi connectivity index (χ1n) is 5.25. The molecule has 0 aromatic heterocycles. The summed E-state index contributed by atoms with van der Waals surface area (Å²) in [6.07, 6.45) is 0. The Kier molecular flexibility index (Phi) is 8.01. The third-order valence-corrected chi connectivity index (χ3v) is 2.83. The Hall–Kier alpha value is -0.750. The van der Waals surface area contributed by atoms with Crippen LogP contribution in [0.2, 0.25) is 0 Å². The zero-order valence-electron chi connectivity index (χ0n) is 9.95. The van der Waals surface area contributed by atoms with Crippen molar-refractivity contribution in [1.29, 1.82) is 0 Å². The van der Waals surface area contributed by atoms with E-state index in [1.807, 2.05) is 20.8 Å². The zero-order chi connectivity index (χ0) is 12.6. The van der Waals surface area contributed by atoms with Crippen molar-refractivity contribution in [2.75, 3.05) is 18.9 Å². The van der Waals surface area contributed by atoms with Crippen LogP contribution in [0.25, 0.3) is 0 Å². The van der Waals surface area contributed by atoms with Gasteiger partial charge < -0.3 is 10.4 Å². The first-order valence-corrected chi connectivity index (χ1v) is 6.30. The highest BCUT2D eigenvalue weighted by atomic mass is 32.2. The van der Waals surface area contributed by atoms with Gasteiger partial charge in [0.25, 0.3) is 0 Å². The molecule has 0 aliphatic carbocycles. The Morgan fingerprint density at radius 1 is 1.31 bits per heavy atom. The molecule has 0 aliphatic heterocycles. The highest BCUT2D eigenvalue weighted by Crippen LogP contribution is 2.07. The second-order valence-corrected chi connectivity index (χ2v) is 5.38. The number of carbonyl (C=O) groups is 2. The number of urea groups is 1. The average Bonchev–Trinajstić information content (AvgIpc) is 2.23. The van der Waals surface area contributed by atoms with Gasteiger partial charge in [-0.3, -0.25) is 10.1 Å². The van der Waals surface area contributed by atoms with E-state index in [2.05, 4.69) is 10.6 Å². The second-order valence-electron chi connectivity index (χ2n) is 3.96. The van der Waals surface area contributed by atoms with E-state index >= 15 is 0 Å². The first kappa shape index (κ1) is 15.2. The van der Waals surface area contributed by atoms with Crippen LogP contribution in [0.15, 0.2) is 0 Å². The van der Waals surface area contributed by atoms with Gasteiger partial charge in [0.05, 0.1) is 12.4 Å². The number of aliphatic hydroxyl groups is 1. The van der Waals surface area contributed by atoms with Crippen LogP contribution < -0.4 is 10.6 Å². The number of rotatable bonds is 6. The second kappa shape index (κ2) is 8.41. The normalized spacial score (nSPS) is 12.3. The van der Waals surface area contributed by atoms with Gasteiger partial charge in [0.1, 0.15) is 0 Å². The lowest BCUT2D eigenvalue weighted by atomic mass is 10.2. The van der Waals surface area contributed by atoms with E-state index < -0.39 is 6.03 Å². The van der Waals surface area contributed by atoms with Gasteiger partial charge in [-0.15, -0.1) is 11.8 Å². The fraction of sp³-hybridized carbons (Fsp3) is 0.800. The summed E-state index contributed by atoms with van der Waals surface area (Å²) in [5.41, 5.74) is 0. The van der Waals surface area contributed by atoms with Crippen molar-refractivity contribution in [1.82, 2.24) is 10.6 Å². The number of thioether (sulfide) groups is 1. The molecule has 0 heterocycles. The molecule has 0 bridgehead atoms. The number of amides is 3. The minimum absolute atomic E-state index is 0.00414. The molecule has 0 aliphatic rings. The fourth-order valence-corrected chi connectivity index (χ4v) is 1.39. The predicted molar refractivity (Wildman–Crippen MR) is 65.4 cm³/mol. The Bertz CT molecular complexity index is 234. The molecule has 16 heavy (non-hydrogen) atoms. The van der Waals surface area contributed by atoms with Crippen LogP contribution in [0.1, 0.15) is 20.8 Å². The predicted octanol–water partition coefficient (Wildman–Crippen LogP) is 0.582. The van der Waals surface area contributed by atoms with Crippen molar-refractivity contribution in [3.05, 3.63) is 0 Å². The summed E-state index contributed by atoms with van der Waals surface area (Å²) >= 11 is 1.31. The summed E-state index contributed by atoms with van der Waals surface area (Å²) in [5, 5.41) is 13.6. The van der Waals surface area contributed by atoms with E-state index in [1.54, 1.807) is 0 Å². The van der Waals surface area contributed by atoms with Crippen molar-refractivity contribution >= 4 is 23.7 Å². The van der Waals surface area contributed by atoms with Crippen molar-refractivity contribution in [2.45, 2.75) is 26.0 Å². The van der Waals surface area contributed by atoms with Gasteiger partial charge >= 0.3 is 6.03 Å². The van der Waals surface area contributed by atoms with Gasteiger partial charge in [-0.2, -0.15) is 0 Å². The minimum Gasteiger partial charge on any atom is -0.395 e. The molecule has 0 fully saturated rings. The smallest absolute Gasteiger partial charge is 0.321 e. The summed E-state index contributed by atoms with van der Waals surface area (Å²) < 4.78 is 0. The number of imide groups is 1. The molecular weight excluding hydrogens is 228 g/mol. The molecule has 3 N–H and O–H groups in total. The van der Waals surface area contributed by atoms with E-state index in [4.69, 9.17) is 5.11 Å². The van der Waals surface area contributed by atoms with Crippen molar-refractivity contribution in [3.63, 3.8) is 0 Å². The van der Waals surface area contributed by atoms with Crippen LogP contribution in [0.5, 0.6) is 0 Å². The molecule has 0 radical (unpaired) electrons. The molecule has 5 nitrogen and oxygen atoms in total. The topological polar surface area (TPSA) is 78.4 Å². The Labute approximate surface area is 100 Å². The molecule has 0 aromatic rings. The number of hydrogen-bond acceptors (Lipinski definition) is 4. The van der Waals surface area contributed by atoms with Crippen LogP contribution in [-0.4, -0.2) is 41.2 Å². The van der Waals surface area contributed by atoms with Crippen LogP contribution in [0.3, 0.4) is 0 Å². The molecule has 1 unspecified atom stereocenters. The quantitative estimate of drug-likeness (QED) is 0.642. The Morgan fingerprint density at radius 2 is 1.94 bits per heavy atom. The van der Waals surface area contributed by atoms with E-state index in [-0.39, 0.29) is 23.5 Å². The van der Waals surface area contributed by atoms with E-state index in [0.29, 0.717) is 12.5 Å². The lowest BCUT2D eigenvalue weighted by Gasteiger charge is -2.09. The summed E-state index contributed by atoms with van der Waals surface area (Å²) in [6.45, 7) is 6.33. The Morgan fingerprint density at radius 3 is 2.44 bits per heavy atom. The molecule has 0 aromatic carbocycles. The molecule has 0 spiro atoms. The third kappa shape index (κ3) is 8.55. The zero-order valence-corrected chi connectivity index (χ0v) is 10.8. The highest BCUT2D eigenvalue weighted by Gasteiger charge is 2.09. The van der Waals surface area contributed by atoms with Gasteiger partial charge in [0, 0.05) is 11.8 Å². The van der Waals surface area contributed by atoms with Gasteiger partial charge in [-0.25, -0.2) is 4.79 Å². The van der Waals surface area contributed by atoms with Crippen molar-refractivity contribution in [2.24, 2.45) is 5.92 Å². The number of hydrogen-bond donors (Lipinski definition) is 3. The summed E-state index contributed by atoms with van der Waals surface area (Å²) in [6, 6.07) is -0.462. The number of carbonyl (C=O) groups excluding carboxylic acids is 2. The summed E-state index contributed by atoms with van der Waals surface area (Å²) in [4.78, 5) is 22.4. The summed E-state index contributed by atoms with van der Waals surface area (Å²) in [5.74, 6) is 0.188. The van der Waals surface area contributed by atoms with Crippen LogP contribution in [0.4, 0.5) is 4.79 Å². The highest BCUT2D eigenvalue weighted by molar-refractivity contribution is 8.00. The average molecular weight is 248 g/mol. The molecule has 6 heteroatoms. The molecular formula is C10H20N2O3S. The maximum absolute atomic E-state index is 11.2. The molecule has 0 saturated heterocycles. The SMILES string of the molecule is CC(C)CNC(=O)NC(=O)CSC(C)CO. The fourth-order valence-electron chi connectivity index (χ4n) is 0.774. The van der Waals surface area contributed by atoms with Gasteiger partial charge in [-0.1, -0.05) is 20.8 Å². The van der Waals surface area contributed by atoms with E-state index in [9.17, 15) is 9.59 Å². The lowest BCUT2D eigenvalue weighted by molar-refractivity contribution is -0.117. The number of aliphatic hydroxyl groups excluding tert-OH is 1. The molecule has 0 rings (SSSR count). The molecule has 1 atom stereocenters. The molecule has 3 amide bonds. The van der Waals surface area contributed by atoms with Crippen LogP contribution in [-0.2, 0) is 4.79 Å². The lowest BCUT2D eigenvalue weighted by Crippen LogP contribution is -2.41. The largest absolute Gasteiger partial charge is 0.395 e. The van der Waals surface area contributed by atoms with Gasteiger partial charge in [0.2, 0.25) is 5.91 Å². The number of nitrogens with one attached hydrogen (secondary N) is 2. The van der Waals surface area contributed by atoms with Crippen LogP contribution in [0, 0.1) is 5.92 Å². The Balaban J connectivity index is 3.66. The minimum atomic E-state index is -0.462. The molecule has 0 saturated carbocycles. The first-order chi connectivity index (χ1) is 7.45. The maximum atomic E-state index is 11.2. The molecule has 94 valence electrons. The van der Waals surface area contributed by atoms with Gasteiger partial charge in [0.15, 0.2) is 0 Å². The van der Waals surface area contributed by atoms with E-state index in [1.165, 1.54) is 11.8 Å². The summed E-state index contributed by atoms with van der Waals surface area (Å²) in [7, 11) is 0. The van der Waals surface area contributed by atoms with Crippen molar-refractivity contribution in [3.8, 4) is 0 Å². The third-order valence-electron chi connectivity index (χ3n) is 1.68. The van der Waals surface area contributed by atoms with Gasteiger partial charge in [-0.05, 0) is 5.92 Å². The van der Waals surface area contributed by atoms with E-state index in [0.717, 1.165) is 0 Å². The monoisotopic (exact) mass is 248 g/mol. The van der Waals surface area contributed by atoms with Crippen molar-refractivity contribution < 1.29 is 14.7 Å². The maximum Gasteiger partial charge on any atom is 0.321 e. The standard InChI is InChI=1S/C10H20N2O3S/c1-7(2)4-11-10(15)12-9(14)6-16-8(3)5-13/h7-8,13H,4-6H2,1-3H3,(H2,11,12,14,15). The van der Waals surface area contributed by atoms with Crippen LogP contribution >= 0.6 is 11.8 Å².